The van der Waals surface area contributed by atoms with Crippen LogP contribution >= 0.6 is 11.6 Å². The van der Waals surface area contributed by atoms with E-state index >= 15 is 0 Å². The number of sulfonamides is 1. The number of benzene rings is 1. The number of aromatic nitrogens is 1. The molecular weight excluding hydrogens is 336 g/mol. The second kappa shape index (κ2) is 6.54. The summed E-state index contributed by atoms with van der Waals surface area (Å²) >= 11 is 5.77. The molecule has 0 atom stereocenters. The lowest BCUT2D eigenvalue weighted by atomic mass is 10.2. The molecule has 0 aliphatic rings. The molecule has 2 aromatic heterocycles. The molecule has 118 valence electrons. The van der Waals surface area contributed by atoms with E-state index in [2.05, 4.69) is 9.71 Å². The molecule has 0 spiro atoms. The van der Waals surface area contributed by atoms with E-state index in [0.717, 1.165) is 11.1 Å². The minimum atomic E-state index is -3.60. The monoisotopic (exact) mass is 348 g/mol. The zero-order chi connectivity index (χ0) is 16.3. The Bertz CT molecular complexity index is 891. The molecule has 5 nitrogen and oxygen atoms in total. The molecule has 0 fully saturated rings. The van der Waals surface area contributed by atoms with Gasteiger partial charge in [0.15, 0.2) is 0 Å². The van der Waals surface area contributed by atoms with Crippen LogP contribution in [0.15, 0.2) is 70.4 Å². The Morgan fingerprint density at radius 1 is 1.13 bits per heavy atom. The van der Waals surface area contributed by atoms with E-state index in [4.69, 9.17) is 16.0 Å². The number of hydrogen-bond donors (Lipinski definition) is 1. The van der Waals surface area contributed by atoms with Gasteiger partial charge in [-0.25, -0.2) is 13.1 Å². The number of nitrogens with zero attached hydrogens (tertiary/aromatic N) is 1. The number of hydrogen-bond acceptors (Lipinski definition) is 4. The van der Waals surface area contributed by atoms with Crippen LogP contribution in [0.3, 0.4) is 0 Å². The Morgan fingerprint density at radius 3 is 2.61 bits per heavy atom. The maximum Gasteiger partial charge on any atom is 0.240 e. The molecule has 0 aliphatic carbocycles. The Balaban J connectivity index is 1.75. The van der Waals surface area contributed by atoms with E-state index in [-0.39, 0.29) is 11.4 Å². The van der Waals surface area contributed by atoms with Crippen LogP contribution in [0.5, 0.6) is 0 Å². The molecule has 0 saturated heterocycles. The van der Waals surface area contributed by atoms with Crippen LogP contribution < -0.4 is 4.72 Å². The third kappa shape index (κ3) is 3.79. The molecule has 23 heavy (non-hydrogen) atoms. The number of halogens is 1. The molecule has 1 aromatic carbocycles. The van der Waals surface area contributed by atoms with Gasteiger partial charge < -0.3 is 4.42 Å². The Morgan fingerprint density at radius 2 is 1.91 bits per heavy atom. The van der Waals surface area contributed by atoms with Gasteiger partial charge in [0.25, 0.3) is 0 Å². The van der Waals surface area contributed by atoms with Crippen LogP contribution in [-0.4, -0.2) is 13.4 Å². The highest BCUT2D eigenvalue weighted by Crippen LogP contribution is 2.20. The topological polar surface area (TPSA) is 72.2 Å². The van der Waals surface area contributed by atoms with Gasteiger partial charge in [0.1, 0.15) is 5.76 Å². The second-order valence-corrected chi connectivity index (χ2v) is 7.04. The summed E-state index contributed by atoms with van der Waals surface area (Å²) in [6.07, 6.45) is 4.85. The number of furan rings is 1. The van der Waals surface area contributed by atoms with E-state index < -0.39 is 10.0 Å². The first-order valence-electron chi connectivity index (χ1n) is 6.78. The fourth-order valence-corrected chi connectivity index (χ4v) is 3.18. The lowest BCUT2D eigenvalue weighted by molar-refractivity contribution is 0.580. The summed E-state index contributed by atoms with van der Waals surface area (Å²) < 4.78 is 32.3. The summed E-state index contributed by atoms with van der Waals surface area (Å²) in [4.78, 5) is 4.28. The van der Waals surface area contributed by atoms with Crippen LogP contribution in [-0.2, 0) is 16.6 Å². The van der Waals surface area contributed by atoms with Crippen molar-refractivity contribution in [3.63, 3.8) is 0 Å². The molecule has 0 aliphatic heterocycles. The molecule has 0 amide bonds. The molecule has 7 heteroatoms. The first-order chi connectivity index (χ1) is 11.0. The van der Waals surface area contributed by atoms with Gasteiger partial charge >= 0.3 is 0 Å². The van der Waals surface area contributed by atoms with E-state index in [0.29, 0.717) is 10.8 Å². The Hall–Kier alpha value is -2.15. The lowest BCUT2D eigenvalue weighted by Gasteiger charge is -2.07. The fraction of sp³-hybridized carbons (Fsp3) is 0.0625. The molecule has 1 N–H and O–H groups in total. The van der Waals surface area contributed by atoms with Crippen LogP contribution in [0.1, 0.15) is 5.56 Å². The summed E-state index contributed by atoms with van der Waals surface area (Å²) in [5.41, 5.74) is 1.52. The smallest absolute Gasteiger partial charge is 0.240 e. The fourth-order valence-electron chi connectivity index (χ4n) is 2.04. The van der Waals surface area contributed by atoms with Crippen molar-refractivity contribution in [3.05, 3.63) is 71.7 Å². The zero-order valence-corrected chi connectivity index (χ0v) is 13.5. The van der Waals surface area contributed by atoms with E-state index in [9.17, 15) is 8.42 Å². The minimum absolute atomic E-state index is 0.131. The van der Waals surface area contributed by atoms with Crippen molar-refractivity contribution in [2.24, 2.45) is 0 Å². The summed E-state index contributed by atoms with van der Waals surface area (Å²) in [6, 6.07) is 11.4. The van der Waals surface area contributed by atoms with Crippen molar-refractivity contribution in [2.75, 3.05) is 0 Å². The van der Waals surface area contributed by atoms with E-state index in [1.54, 1.807) is 24.7 Å². The van der Waals surface area contributed by atoms with E-state index in [1.165, 1.54) is 24.3 Å². The number of pyridine rings is 1. The molecule has 0 unspecified atom stereocenters. The molecule has 2 heterocycles. The van der Waals surface area contributed by atoms with Gasteiger partial charge in [-0.1, -0.05) is 11.6 Å². The molecule has 0 saturated carbocycles. The quantitative estimate of drug-likeness (QED) is 0.766. The second-order valence-electron chi connectivity index (χ2n) is 4.84. The van der Waals surface area contributed by atoms with Crippen molar-refractivity contribution >= 4 is 21.6 Å². The summed E-state index contributed by atoms with van der Waals surface area (Å²) in [7, 11) is -3.60. The van der Waals surface area contributed by atoms with Crippen molar-refractivity contribution < 1.29 is 12.8 Å². The maximum atomic E-state index is 12.2. The van der Waals surface area contributed by atoms with Crippen molar-refractivity contribution in [3.8, 4) is 11.3 Å². The highest BCUT2D eigenvalue weighted by atomic mass is 35.5. The molecular formula is C16H13ClN2O3S. The van der Waals surface area contributed by atoms with E-state index in [1.807, 2.05) is 12.1 Å². The highest BCUT2D eigenvalue weighted by molar-refractivity contribution is 7.89. The average Bonchev–Trinajstić information content (AvgIpc) is 3.08. The van der Waals surface area contributed by atoms with Crippen LogP contribution in [0.25, 0.3) is 11.3 Å². The van der Waals surface area contributed by atoms with Gasteiger partial charge in [-0.05, 0) is 48.0 Å². The number of nitrogens with one attached hydrogen (secondary N) is 1. The third-order valence-corrected chi connectivity index (χ3v) is 4.86. The maximum absolute atomic E-state index is 12.2. The summed E-state index contributed by atoms with van der Waals surface area (Å²) in [5, 5.41) is 0.485. The molecule has 0 bridgehead atoms. The van der Waals surface area contributed by atoms with Crippen molar-refractivity contribution in [1.29, 1.82) is 0 Å². The average molecular weight is 349 g/mol. The predicted octanol–water partition coefficient (Wildman–Crippen LogP) is 3.47. The first kappa shape index (κ1) is 15.7. The lowest BCUT2D eigenvalue weighted by Crippen LogP contribution is -2.23. The van der Waals surface area contributed by atoms with Gasteiger partial charge in [-0.3, -0.25) is 4.98 Å². The van der Waals surface area contributed by atoms with Crippen LogP contribution in [0.4, 0.5) is 0 Å². The molecule has 3 aromatic rings. The van der Waals surface area contributed by atoms with Gasteiger partial charge in [0, 0.05) is 29.5 Å². The van der Waals surface area contributed by atoms with Gasteiger partial charge in [0.2, 0.25) is 10.0 Å². The Kier molecular flexibility index (Phi) is 4.47. The zero-order valence-electron chi connectivity index (χ0n) is 11.9. The van der Waals surface area contributed by atoms with Crippen molar-refractivity contribution in [2.45, 2.75) is 11.4 Å². The first-order valence-corrected chi connectivity index (χ1v) is 8.64. The number of rotatable bonds is 5. The highest BCUT2D eigenvalue weighted by Gasteiger charge is 2.13. The largest absolute Gasteiger partial charge is 0.464 e. The molecule has 3 rings (SSSR count). The van der Waals surface area contributed by atoms with Crippen LogP contribution in [0.2, 0.25) is 5.02 Å². The minimum Gasteiger partial charge on any atom is -0.464 e. The standard InChI is InChI=1S/C16H13ClN2O3S/c17-14-3-5-15(6-4-14)23(20,21)19-10-12-8-13(11-18-9-12)16-2-1-7-22-16/h1-9,11,19H,10H2. The van der Waals surface area contributed by atoms with Crippen molar-refractivity contribution in [1.82, 2.24) is 9.71 Å². The van der Waals surface area contributed by atoms with Gasteiger partial charge in [-0.15, -0.1) is 0 Å². The normalized spacial score (nSPS) is 11.5. The SMILES string of the molecule is O=S(=O)(NCc1cncc(-c2ccco2)c1)c1ccc(Cl)cc1. The van der Waals surface area contributed by atoms with Gasteiger partial charge in [0.05, 0.1) is 11.2 Å². The predicted molar refractivity (Wildman–Crippen MR) is 87.4 cm³/mol. The Labute approximate surface area is 139 Å². The third-order valence-electron chi connectivity index (χ3n) is 3.19. The molecule has 0 radical (unpaired) electrons. The van der Waals surface area contributed by atoms with Gasteiger partial charge in [-0.2, -0.15) is 0 Å². The summed E-state index contributed by atoms with van der Waals surface area (Å²) in [6.45, 7) is 0.131. The van der Waals surface area contributed by atoms with Crippen LogP contribution in [0, 0.1) is 0 Å². The summed E-state index contributed by atoms with van der Waals surface area (Å²) in [5.74, 6) is 0.680.